The van der Waals surface area contributed by atoms with Crippen LogP contribution in [0.15, 0.2) is 29.1 Å². The first kappa shape index (κ1) is 19.1. The van der Waals surface area contributed by atoms with Gasteiger partial charge in [-0.15, -0.1) is 0 Å². The molecule has 1 saturated heterocycles. The number of alkyl halides is 2. The number of hydrogen-bond acceptors (Lipinski definition) is 5. The van der Waals surface area contributed by atoms with Gasteiger partial charge in [-0.3, -0.25) is 14.6 Å². The first-order valence-corrected chi connectivity index (χ1v) is 10.2. The molecule has 5 rings (SSSR count). The summed E-state index contributed by atoms with van der Waals surface area (Å²) < 4.78 is 32.8. The Hall–Kier alpha value is -2.84. The predicted molar refractivity (Wildman–Crippen MR) is 101 cm³/mol. The number of carbonyl (C=O) groups is 2. The van der Waals surface area contributed by atoms with Crippen molar-refractivity contribution in [2.75, 3.05) is 13.1 Å². The topological polar surface area (TPSA) is 79.5 Å². The summed E-state index contributed by atoms with van der Waals surface area (Å²) in [5.74, 6) is -3.48. The molecule has 1 aliphatic carbocycles. The van der Waals surface area contributed by atoms with E-state index in [2.05, 4.69) is 10.1 Å². The zero-order valence-electron chi connectivity index (χ0n) is 16.6. The summed E-state index contributed by atoms with van der Waals surface area (Å²) in [5, 5.41) is 3.81. The fourth-order valence-electron chi connectivity index (χ4n) is 5.39. The van der Waals surface area contributed by atoms with Gasteiger partial charge in [0.25, 0.3) is 11.8 Å². The van der Waals surface area contributed by atoms with Crippen molar-refractivity contribution in [1.82, 2.24) is 19.9 Å². The van der Waals surface area contributed by atoms with E-state index in [1.165, 1.54) is 6.26 Å². The van der Waals surface area contributed by atoms with Crippen LogP contribution < -0.4 is 0 Å². The highest BCUT2D eigenvalue weighted by atomic mass is 19.3. The molecule has 158 valence electrons. The van der Waals surface area contributed by atoms with Gasteiger partial charge in [0.2, 0.25) is 5.92 Å². The third kappa shape index (κ3) is 2.67. The Bertz CT molecular complexity index is 1010. The normalized spacial score (nSPS) is 25.9. The Balaban J connectivity index is 1.61. The quantitative estimate of drug-likeness (QED) is 0.752. The van der Waals surface area contributed by atoms with E-state index in [0.29, 0.717) is 36.5 Å². The minimum absolute atomic E-state index is 0.240. The highest BCUT2D eigenvalue weighted by Gasteiger charge is 2.60. The number of fused-ring (bicyclic) bond motifs is 2. The summed E-state index contributed by atoms with van der Waals surface area (Å²) in [6.45, 7) is 2.36. The van der Waals surface area contributed by atoms with Crippen molar-refractivity contribution in [2.45, 2.75) is 50.6 Å². The van der Waals surface area contributed by atoms with E-state index in [-0.39, 0.29) is 43.4 Å². The van der Waals surface area contributed by atoms with Crippen LogP contribution in [-0.2, 0) is 6.42 Å². The second-order valence-electron chi connectivity index (χ2n) is 8.42. The highest BCUT2D eigenvalue weighted by Crippen LogP contribution is 2.49. The minimum atomic E-state index is -2.70. The Morgan fingerprint density at radius 2 is 2.03 bits per heavy atom. The number of nitrogens with zero attached hydrogens (tertiary/aromatic N) is 4. The molecule has 30 heavy (non-hydrogen) atoms. The lowest BCUT2D eigenvalue weighted by Crippen LogP contribution is -2.65. The summed E-state index contributed by atoms with van der Waals surface area (Å²) in [6, 6.07) is 3.60. The van der Waals surface area contributed by atoms with Gasteiger partial charge in [0.1, 0.15) is 23.2 Å². The number of rotatable bonds is 2. The fraction of sp³-hybridized carbons (Fsp3) is 0.524. The van der Waals surface area contributed by atoms with Crippen molar-refractivity contribution < 1.29 is 22.9 Å². The lowest BCUT2D eigenvalue weighted by Gasteiger charge is -2.52. The monoisotopic (exact) mass is 416 g/mol. The zero-order chi connectivity index (χ0) is 21.1. The van der Waals surface area contributed by atoms with Crippen LogP contribution in [0, 0.1) is 12.8 Å². The number of carbonyl (C=O) groups excluding carboxylic acids is 2. The van der Waals surface area contributed by atoms with Crippen molar-refractivity contribution in [3.8, 4) is 0 Å². The average Bonchev–Trinajstić information content (AvgIpc) is 3.32. The van der Waals surface area contributed by atoms with E-state index in [4.69, 9.17) is 4.52 Å². The maximum Gasteiger partial charge on any atom is 0.274 e. The van der Waals surface area contributed by atoms with E-state index in [9.17, 15) is 18.4 Å². The fourth-order valence-corrected chi connectivity index (χ4v) is 5.39. The van der Waals surface area contributed by atoms with Crippen molar-refractivity contribution >= 4 is 11.8 Å². The second-order valence-corrected chi connectivity index (χ2v) is 8.42. The molecule has 1 atom stereocenters. The molecular formula is C21H22F2N4O3. The molecule has 2 aromatic heterocycles. The number of aromatic nitrogens is 2. The van der Waals surface area contributed by atoms with E-state index >= 15 is 0 Å². The molecule has 0 radical (unpaired) electrons. The summed E-state index contributed by atoms with van der Waals surface area (Å²) in [6.07, 6.45) is 3.28. The Kier molecular flexibility index (Phi) is 4.20. The number of pyridine rings is 1. The van der Waals surface area contributed by atoms with Crippen molar-refractivity contribution in [3.05, 3.63) is 47.1 Å². The van der Waals surface area contributed by atoms with Crippen molar-refractivity contribution in [2.24, 2.45) is 5.92 Å². The summed E-state index contributed by atoms with van der Waals surface area (Å²) in [5.41, 5.74) is 0.946. The molecule has 7 nitrogen and oxygen atoms in total. The maximum atomic E-state index is 13.9. The van der Waals surface area contributed by atoms with E-state index < -0.39 is 11.6 Å². The van der Waals surface area contributed by atoms with Crippen LogP contribution >= 0.6 is 0 Å². The lowest BCUT2D eigenvalue weighted by atomic mass is 9.73. The van der Waals surface area contributed by atoms with Gasteiger partial charge in [0, 0.05) is 44.5 Å². The number of hydrogen-bond donors (Lipinski definition) is 0. The van der Waals surface area contributed by atoms with Gasteiger partial charge in [0.05, 0.1) is 5.69 Å². The van der Waals surface area contributed by atoms with Gasteiger partial charge in [0.15, 0.2) is 0 Å². The van der Waals surface area contributed by atoms with Crippen molar-refractivity contribution in [1.29, 1.82) is 0 Å². The Morgan fingerprint density at radius 3 is 2.73 bits per heavy atom. The van der Waals surface area contributed by atoms with Gasteiger partial charge in [-0.1, -0.05) is 11.2 Å². The smallest absolute Gasteiger partial charge is 0.274 e. The second kappa shape index (κ2) is 6.58. The molecule has 1 saturated carbocycles. The largest absolute Gasteiger partial charge is 0.364 e. The molecule has 9 heteroatoms. The van der Waals surface area contributed by atoms with Gasteiger partial charge < -0.3 is 14.3 Å². The lowest BCUT2D eigenvalue weighted by molar-refractivity contribution is -0.0887. The highest BCUT2D eigenvalue weighted by molar-refractivity contribution is 5.99. The van der Waals surface area contributed by atoms with Gasteiger partial charge in [-0.05, 0) is 31.4 Å². The molecule has 2 fully saturated rings. The number of amides is 2. The van der Waals surface area contributed by atoms with Crippen LogP contribution in [0.4, 0.5) is 8.78 Å². The van der Waals surface area contributed by atoms with Crippen LogP contribution in [-0.4, -0.2) is 56.4 Å². The van der Waals surface area contributed by atoms with Crippen LogP contribution in [0.5, 0.6) is 0 Å². The first-order valence-electron chi connectivity index (χ1n) is 10.2. The van der Waals surface area contributed by atoms with Crippen LogP contribution in [0.1, 0.15) is 57.8 Å². The van der Waals surface area contributed by atoms with Gasteiger partial charge in [-0.25, -0.2) is 8.78 Å². The Morgan fingerprint density at radius 1 is 1.27 bits per heavy atom. The molecule has 0 N–H and O–H groups in total. The molecule has 0 aromatic carbocycles. The molecule has 2 aromatic rings. The Labute approximate surface area is 172 Å². The van der Waals surface area contributed by atoms with Crippen LogP contribution in [0.3, 0.4) is 0 Å². The predicted octanol–water partition coefficient (Wildman–Crippen LogP) is 3.05. The molecule has 0 spiro atoms. The summed E-state index contributed by atoms with van der Waals surface area (Å²) >= 11 is 0. The van der Waals surface area contributed by atoms with E-state index in [0.717, 1.165) is 5.56 Å². The van der Waals surface area contributed by atoms with E-state index in [1.54, 1.807) is 29.0 Å². The minimum Gasteiger partial charge on any atom is -0.364 e. The zero-order valence-corrected chi connectivity index (χ0v) is 16.6. The third-order valence-corrected chi connectivity index (χ3v) is 6.87. The van der Waals surface area contributed by atoms with Gasteiger partial charge in [-0.2, -0.15) is 0 Å². The third-order valence-electron chi connectivity index (χ3n) is 6.87. The van der Waals surface area contributed by atoms with E-state index in [1.807, 2.05) is 6.07 Å². The molecular weight excluding hydrogens is 394 g/mol. The molecule has 3 aliphatic rings. The molecule has 2 aliphatic heterocycles. The summed E-state index contributed by atoms with van der Waals surface area (Å²) in [7, 11) is 0. The number of halogens is 2. The first-order chi connectivity index (χ1) is 14.3. The van der Waals surface area contributed by atoms with Crippen LogP contribution in [0.2, 0.25) is 0 Å². The standard InChI is InChI=1S/C21H22F2N4O3/c1-13-16(12-30-25-13)18(28)26-9-10-27-19(29)17-14(3-2-8-24-17)11-21(26,27)15-4-6-20(22,23)7-5-15/h2-3,8,12,15H,4-7,9-11H2,1H3. The van der Waals surface area contributed by atoms with Gasteiger partial charge >= 0.3 is 0 Å². The molecule has 2 amide bonds. The molecule has 0 bridgehead atoms. The number of aryl methyl sites for hydroxylation is 1. The summed E-state index contributed by atoms with van der Waals surface area (Å²) in [4.78, 5) is 34.5. The van der Waals surface area contributed by atoms with Crippen LogP contribution in [0.25, 0.3) is 0 Å². The molecule has 4 heterocycles. The maximum absolute atomic E-state index is 13.9. The molecule has 1 unspecified atom stereocenters. The average molecular weight is 416 g/mol. The van der Waals surface area contributed by atoms with Crippen molar-refractivity contribution in [3.63, 3.8) is 0 Å². The SMILES string of the molecule is Cc1nocc1C(=O)N1CCN2C(=O)c3ncccc3CC12C1CCC(F)(F)CC1.